The molecule has 2 aromatic rings. The van der Waals surface area contributed by atoms with Crippen LogP contribution in [0.3, 0.4) is 0 Å². The van der Waals surface area contributed by atoms with E-state index < -0.39 is 11.9 Å². The molecule has 1 atom stereocenters. The topological polar surface area (TPSA) is 85.1 Å². The summed E-state index contributed by atoms with van der Waals surface area (Å²) in [6.07, 6.45) is 3.64. The first-order valence-electron chi connectivity index (χ1n) is 7.22. The van der Waals surface area contributed by atoms with Crippen molar-refractivity contribution in [1.82, 2.24) is 10.3 Å². The van der Waals surface area contributed by atoms with Crippen LogP contribution >= 0.6 is 0 Å². The quantitative estimate of drug-likeness (QED) is 0.815. The van der Waals surface area contributed by atoms with E-state index in [4.69, 9.17) is 5.73 Å². The standard InChI is InChI=1S/C17H19N3O2/c18-16(21)14(11-6-9-13-7-2-1-3-8-13)20-17(22)15-10-4-5-12-19-15/h1-5,7-8,10,12,14H,6,9,11H2,(H2,18,21)(H,20,22)/t14-/m1/s1. The zero-order valence-corrected chi connectivity index (χ0v) is 12.2. The van der Waals surface area contributed by atoms with Gasteiger partial charge in [-0.1, -0.05) is 36.4 Å². The van der Waals surface area contributed by atoms with Gasteiger partial charge >= 0.3 is 0 Å². The number of rotatable bonds is 7. The third kappa shape index (κ3) is 4.70. The average Bonchev–Trinajstić information content (AvgIpc) is 2.55. The van der Waals surface area contributed by atoms with Gasteiger partial charge in [-0.3, -0.25) is 14.6 Å². The van der Waals surface area contributed by atoms with Crippen molar-refractivity contribution in [2.24, 2.45) is 5.73 Å². The summed E-state index contributed by atoms with van der Waals surface area (Å²) >= 11 is 0. The molecule has 1 aromatic carbocycles. The zero-order chi connectivity index (χ0) is 15.8. The summed E-state index contributed by atoms with van der Waals surface area (Å²) in [7, 11) is 0. The Kier molecular flexibility index (Phi) is 5.65. The Hall–Kier alpha value is -2.69. The molecular formula is C17H19N3O2. The molecule has 5 nitrogen and oxygen atoms in total. The van der Waals surface area contributed by atoms with Gasteiger partial charge in [0, 0.05) is 6.20 Å². The number of carbonyl (C=O) groups excluding carboxylic acids is 2. The summed E-state index contributed by atoms with van der Waals surface area (Å²) in [6, 6.07) is 14.3. The van der Waals surface area contributed by atoms with Crippen LogP contribution in [-0.4, -0.2) is 22.8 Å². The molecule has 22 heavy (non-hydrogen) atoms. The summed E-state index contributed by atoms with van der Waals surface area (Å²) in [5, 5.41) is 2.64. The van der Waals surface area contributed by atoms with Gasteiger partial charge in [0.1, 0.15) is 11.7 Å². The molecule has 0 radical (unpaired) electrons. The van der Waals surface area contributed by atoms with E-state index in [0.29, 0.717) is 6.42 Å². The van der Waals surface area contributed by atoms with Crippen molar-refractivity contribution in [3.05, 3.63) is 66.0 Å². The number of aromatic nitrogens is 1. The van der Waals surface area contributed by atoms with Gasteiger partial charge in [-0.2, -0.15) is 0 Å². The molecule has 1 aromatic heterocycles. The predicted octanol–water partition coefficient (Wildman–Crippen LogP) is 1.69. The molecule has 0 saturated heterocycles. The van der Waals surface area contributed by atoms with E-state index in [2.05, 4.69) is 10.3 Å². The fourth-order valence-electron chi connectivity index (χ4n) is 2.17. The second-order valence-electron chi connectivity index (χ2n) is 5.02. The Morgan fingerprint density at radius 1 is 1.09 bits per heavy atom. The lowest BCUT2D eigenvalue weighted by Crippen LogP contribution is -2.44. The number of hydrogen-bond donors (Lipinski definition) is 2. The molecule has 114 valence electrons. The first kappa shape index (κ1) is 15.7. The predicted molar refractivity (Wildman–Crippen MR) is 84.1 cm³/mol. The first-order chi connectivity index (χ1) is 10.7. The second-order valence-corrected chi connectivity index (χ2v) is 5.02. The number of pyridine rings is 1. The van der Waals surface area contributed by atoms with Gasteiger partial charge in [0.05, 0.1) is 0 Å². The Bertz CT molecular complexity index is 614. The lowest BCUT2D eigenvalue weighted by molar-refractivity contribution is -0.120. The summed E-state index contributed by atoms with van der Waals surface area (Å²) in [5.41, 5.74) is 6.84. The molecule has 0 aliphatic carbocycles. The molecule has 0 saturated carbocycles. The van der Waals surface area contributed by atoms with Crippen LogP contribution in [0.1, 0.15) is 28.9 Å². The normalized spacial score (nSPS) is 11.6. The maximum Gasteiger partial charge on any atom is 0.270 e. The van der Waals surface area contributed by atoms with E-state index in [-0.39, 0.29) is 11.6 Å². The maximum absolute atomic E-state index is 12.0. The van der Waals surface area contributed by atoms with E-state index in [1.807, 2.05) is 30.3 Å². The van der Waals surface area contributed by atoms with Crippen molar-refractivity contribution >= 4 is 11.8 Å². The molecule has 0 unspecified atom stereocenters. The van der Waals surface area contributed by atoms with Gasteiger partial charge in [0.2, 0.25) is 5.91 Å². The largest absolute Gasteiger partial charge is 0.368 e. The third-order valence-corrected chi connectivity index (χ3v) is 3.35. The number of aryl methyl sites for hydroxylation is 1. The highest BCUT2D eigenvalue weighted by atomic mass is 16.2. The zero-order valence-electron chi connectivity index (χ0n) is 12.2. The monoisotopic (exact) mass is 297 g/mol. The van der Waals surface area contributed by atoms with Gasteiger partial charge in [-0.05, 0) is 37.0 Å². The highest BCUT2D eigenvalue weighted by Gasteiger charge is 2.19. The van der Waals surface area contributed by atoms with Crippen LogP contribution in [0.4, 0.5) is 0 Å². The number of nitrogens with one attached hydrogen (secondary N) is 1. The minimum absolute atomic E-state index is 0.275. The van der Waals surface area contributed by atoms with Crippen LogP contribution in [0.25, 0.3) is 0 Å². The van der Waals surface area contributed by atoms with Crippen LogP contribution in [0.5, 0.6) is 0 Å². The molecule has 0 spiro atoms. The van der Waals surface area contributed by atoms with Crippen molar-refractivity contribution in [3.63, 3.8) is 0 Å². The van der Waals surface area contributed by atoms with Crippen molar-refractivity contribution < 1.29 is 9.59 Å². The molecule has 0 aliphatic rings. The number of nitrogens with two attached hydrogens (primary N) is 1. The first-order valence-corrected chi connectivity index (χ1v) is 7.22. The number of carbonyl (C=O) groups is 2. The molecular weight excluding hydrogens is 278 g/mol. The van der Waals surface area contributed by atoms with Gasteiger partial charge < -0.3 is 11.1 Å². The minimum Gasteiger partial charge on any atom is -0.368 e. The summed E-state index contributed by atoms with van der Waals surface area (Å²) < 4.78 is 0. The van der Waals surface area contributed by atoms with E-state index in [1.165, 1.54) is 11.8 Å². The van der Waals surface area contributed by atoms with Crippen LogP contribution < -0.4 is 11.1 Å². The molecule has 0 aliphatic heterocycles. The van der Waals surface area contributed by atoms with E-state index in [1.54, 1.807) is 18.2 Å². The van der Waals surface area contributed by atoms with Gasteiger partial charge in [0.25, 0.3) is 5.91 Å². The minimum atomic E-state index is -0.682. The molecule has 5 heteroatoms. The second kappa shape index (κ2) is 7.93. The summed E-state index contributed by atoms with van der Waals surface area (Å²) in [4.78, 5) is 27.5. The SMILES string of the molecule is NC(=O)[C@@H](CCCc1ccccc1)NC(=O)c1ccccn1. The Morgan fingerprint density at radius 3 is 2.45 bits per heavy atom. The third-order valence-electron chi connectivity index (χ3n) is 3.35. The number of nitrogens with zero attached hydrogens (tertiary/aromatic N) is 1. The Morgan fingerprint density at radius 2 is 1.82 bits per heavy atom. The fourth-order valence-corrected chi connectivity index (χ4v) is 2.17. The Labute approximate surface area is 129 Å². The molecule has 0 fully saturated rings. The Balaban J connectivity index is 1.87. The molecule has 0 bridgehead atoms. The number of hydrogen-bond acceptors (Lipinski definition) is 3. The lowest BCUT2D eigenvalue weighted by Gasteiger charge is -2.15. The summed E-state index contributed by atoms with van der Waals surface area (Å²) in [6.45, 7) is 0. The summed E-state index contributed by atoms with van der Waals surface area (Å²) in [5.74, 6) is -0.915. The van der Waals surface area contributed by atoms with E-state index in [0.717, 1.165) is 12.8 Å². The van der Waals surface area contributed by atoms with Crippen molar-refractivity contribution in [3.8, 4) is 0 Å². The smallest absolute Gasteiger partial charge is 0.270 e. The average molecular weight is 297 g/mol. The van der Waals surface area contributed by atoms with Crippen LogP contribution in [-0.2, 0) is 11.2 Å². The maximum atomic E-state index is 12.0. The van der Waals surface area contributed by atoms with E-state index >= 15 is 0 Å². The lowest BCUT2D eigenvalue weighted by atomic mass is 10.0. The van der Waals surface area contributed by atoms with Gasteiger partial charge in [-0.25, -0.2) is 0 Å². The number of amides is 2. The number of primary amides is 1. The van der Waals surface area contributed by atoms with Gasteiger partial charge in [-0.15, -0.1) is 0 Å². The molecule has 3 N–H and O–H groups in total. The van der Waals surface area contributed by atoms with Crippen LogP contribution in [0, 0.1) is 0 Å². The molecule has 1 heterocycles. The van der Waals surface area contributed by atoms with Gasteiger partial charge in [0.15, 0.2) is 0 Å². The van der Waals surface area contributed by atoms with Crippen LogP contribution in [0.15, 0.2) is 54.7 Å². The highest BCUT2D eigenvalue weighted by molar-refractivity contribution is 5.95. The van der Waals surface area contributed by atoms with Crippen molar-refractivity contribution in [2.45, 2.75) is 25.3 Å². The van der Waals surface area contributed by atoms with Crippen LogP contribution in [0.2, 0.25) is 0 Å². The van der Waals surface area contributed by atoms with E-state index in [9.17, 15) is 9.59 Å². The van der Waals surface area contributed by atoms with Crippen molar-refractivity contribution in [2.75, 3.05) is 0 Å². The fraction of sp³-hybridized carbons (Fsp3) is 0.235. The molecule has 2 rings (SSSR count). The highest BCUT2D eigenvalue weighted by Crippen LogP contribution is 2.07. The van der Waals surface area contributed by atoms with Crippen molar-refractivity contribution in [1.29, 1.82) is 0 Å². The number of benzene rings is 1. The molecule has 2 amide bonds.